The zero-order valence-electron chi connectivity index (χ0n) is 9.36. The molecule has 5 heteroatoms. The first-order chi connectivity index (χ1) is 7.15. The van der Waals surface area contributed by atoms with E-state index < -0.39 is 6.10 Å². The molecule has 3 atom stereocenters. The third-order valence-corrected chi connectivity index (χ3v) is 2.70. The van der Waals surface area contributed by atoms with Gasteiger partial charge in [-0.1, -0.05) is 6.92 Å². The molecule has 0 spiro atoms. The Labute approximate surface area is 90.3 Å². The molecule has 88 valence electrons. The van der Waals surface area contributed by atoms with Gasteiger partial charge in [0.25, 0.3) is 5.91 Å². The average Bonchev–Trinajstić information content (AvgIpc) is 2.29. The summed E-state index contributed by atoms with van der Waals surface area (Å²) >= 11 is 0. The molecule has 0 saturated carbocycles. The minimum atomic E-state index is -0.467. The van der Waals surface area contributed by atoms with Gasteiger partial charge in [0.1, 0.15) is 0 Å². The Morgan fingerprint density at radius 1 is 1.53 bits per heavy atom. The van der Waals surface area contributed by atoms with E-state index in [0.717, 1.165) is 0 Å². The first-order valence-corrected chi connectivity index (χ1v) is 5.35. The van der Waals surface area contributed by atoms with Crippen molar-refractivity contribution in [1.29, 1.82) is 0 Å². The summed E-state index contributed by atoms with van der Waals surface area (Å²) in [6.07, 6.45) is -0.467. The third kappa shape index (κ3) is 3.77. The molecule has 1 aliphatic rings. The number of hydrogen-bond acceptors (Lipinski definition) is 4. The highest BCUT2D eigenvalue weighted by atomic mass is 16.6. The van der Waals surface area contributed by atoms with Gasteiger partial charge in [-0.05, 0) is 19.4 Å². The number of amides is 1. The van der Waals surface area contributed by atoms with Crippen LogP contribution in [0.3, 0.4) is 0 Å². The molecule has 5 nitrogen and oxygen atoms in total. The van der Waals surface area contributed by atoms with Gasteiger partial charge in [0.05, 0.1) is 19.8 Å². The Balaban J connectivity index is 2.33. The van der Waals surface area contributed by atoms with E-state index in [9.17, 15) is 4.79 Å². The van der Waals surface area contributed by atoms with Gasteiger partial charge in [-0.3, -0.25) is 4.79 Å². The van der Waals surface area contributed by atoms with Crippen molar-refractivity contribution in [1.82, 2.24) is 5.32 Å². The highest BCUT2D eigenvalue weighted by Gasteiger charge is 2.24. The van der Waals surface area contributed by atoms with Gasteiger partial charge >= 0.3 is 0 Å². The monoisotopic (exact) mass is 216 g/mol. The first kappa shape index (κ1) is 12.4. The van der Waals surface area contributed by atoms with Crippen molar-refractivity contribution in [3.05, 3.63) is 0 Å². The van der Waals surface area contributed by atoms with Crippen LogP contribution in [0.15, 0.2) is 0 Å². The van der Waals surface area contributed by atoms with Crippen molar-refractivity contribution in [3.63, 3.8) is 0 Å². The van der Waals surface area contributed by atoms with Crippen LogP contribution < -0.4 is 11.1 Å². The van der Waals surface area contributed by atoms with Crippen LogP contribution in [-0.4, -0.2) is 44.4 Å². The molecular weight excluding hydrogens is 196 g/mol. The summed E-state index contributed by atoms with van der Waals surface area (Å²) in [6.45, 7) is 5.90. The van der Waals surface area contributed by atoms with Crippen LogP contribution in [0.4, 0.5) is 0 Å². The van der Waals surface area contributed by atoms with E-state index in [1.165, 1.54) is 0 Å². The zero-order chi connectivity index (χ0) is 11.3. The average molecular weight is 216 g/mol. The van der Waals surface area contributed by atoms with Crippen molar-refractivity contribution < 1.29 is 14.3 Å². The largest absolute Gasteiger partial charge is 0.376 e. The quantitative estimate of drug-likeness (QED) is 0.664. The number of carbonyl (C=O) groups is 1. The van der Waals surface area contributed by atoms with Gasteiger partial charge in [-0.15, -0.1) is 0 Å². The summed E-state index contributed by atoms with van der Waals surface area (Å²) in [4.78, 5) is 11.7. The Kier molecular flexibility index (Phi) is 5.01. The highest BCUT2D eigenvalue weighted by molar-refractivity contribution is 5.81. The van der Waals surface area contributed by atoms with Crippen LogP contribution >= 0.6 is 0 Å². The van der Waals surface area contributed by atoms with Crippen molar-refractivity contribution in [3.8, 4) is 0 Å². The minimum Gasteiger partial charge on any atom is -0.376 e. The molecule has 0 aliphatic carbocycles. The lowest BCUT2D eigenvalue weighted by Gasteiger charge is -2.26. The molecule has 0 aromatic rings. The SMILES string of the molecule is CC(CN)C(C)NC(=O)C1COCCO1. The summed E-state index contributed by atoms with van der Waals surface area (Å²) in [6, 6.07) is 0.0630. The normalized spacial score (nSPS) is 25.7. The molecule has 1 rings (SSSR count). The van der Waals surface area contributed by atoms with Crippen LogP contribution in [0, 0.1) is 5.92 Å². The molecular formula is C10H20N2O3. The van der Waals surface area contributed by atoms with Crippen molar-refractivity contribution in [2.24, 2.45) is 11.7 Å². The van der Waals surface area contributed by atoms with E-state index >= 15 is 0 Å². The molecule has 1 heterocycles. The minimum absolute atomic E-state index is 0.0630. The van der Waals surface area contributed by atoms with Crippen LogP contribution in [0.2, 0.25) is 0 Å². The standard InChI is InChI=1S/C10H20N2O3/c1-7(5-11)8(2)12-10(13)9-6-14-3-4-15-9/h7-9H,3-6,11H2,1-2H3,(H,12,13). The Morgan fingerprint density at radius 3 is 2.80 bits per heavy atom. The topological polar surface area (TPSA) is 73.6 Å². The van der Waals surface area contributed by atoms with Gasteiger partial charge in [-0.2, -0.15) is 0 Å². The maximum Gasteiger partial charge on any atom is 0.251 e. The summed E-state index contributed by atoms with van der Waals surface area (Å²) in [5.41, 5.74) is 5.52. The molecule has 1 saturated heterocycles. The molecule has 3 N–H and O–H groups in total. The molecule has 1 fully saturated rings. The number of rotatable bonds is 4. The second kappa shape index (κ2) is 6.05. The van der Waals surface area contributed by atoms with Crippen molar-refractivity contribution >= 4 is 5.91 Å². The summed E-state index contributed by atoms with van der Waals surface area (Å²) < 4.78 is 10.4. The van der Waals surface area contributed by atoms with E-state index in [2.05, 4.69) is 5.32 Å². The lowest BCUT2D eigenvalue weighted by Crippen LogP contribution is -2.48. The molecule has 0 radical (unpaired) electrons. The maximum absolute atomic E-state index is 11.7. The van der Waals surface area contributed by atoms with E-state index in [0.29, 0.717) is 26.4 Å². The number of hydrogen-bond donors (Lipinski definition) is 2. The zero-order valence-corrected chi connectivity index (χ0v) is 9.36. The molecule has 1 amide bonds. The lowest BCUT2D eigenvalue weighted by molar-refractivity contribution is -0.148. The van der Waals surface area contributed by atoms with Gasteiger partial charge in [0.15, 0.2) is 6.10 Å². The highest BCUT2D eigenvalue weighted by Crippen LogP contribution is 2.04. The first-order valence-electron chi connectivity index (χ1n) is 5.35. The Hall–Kier alpha value is -0.650. The summed E-state index contributed by atoms with van der Waals surface area (Å²) in [7, 11) is 0. The predicted molar refractivity (Wildman–Crippen MR) is 56.4 cm³/mol. The maximum atomic E-state index is 11.7. The molecule has 0 aromatic carbocycles. The lowest BCUT2D eigenvalue weighted by atomic mass is 10.0. The predicted octanol–water partition coefficient (Wildman–Crippen LogP) is -0.499. The van der Waals surface area contributed by atoms with Gasteiger partial charge in [-0.25, -0.2) is 0 Å². The van der Waals surface area contributed by atoms with E-state index in [1.807, 2.05) is 13.8 Å². The van der Waals surface area contributed by atoms with E-state index in [-0.39, 0.29) is 17.9 Å². The van der Waals surface area contributed by atoms with Crippen LogP contribution in [0.5, 0.6) is 0 Å². The molecule has 15 heavy (non-hydrogen) atoms. The van der Waals surface area contributed by atoms with Gasteiger partial charge in [0.2, 0.25) is 0 Å². The molecule has 3 unspecified atom stereocenters. The number of ether oxygens (including phenoxy) is 2. The molecule has 0 aromatic heterocycles. The van der Waals surface area contributed by atoms with E-state index in [1.54, 1.807) is 0 Å². The Bertz CT molecular complexity index is 205. The van der Waals surface area contributed by atoms with E-state index in [4.69, 9.17) is 15.2 Å². The second-order valence-electron chi connectivity index (χ2n) is 3.94. The second-order valence-corrected chi connectivity index (χ2v) is 3.94. The van der Waals surface area contributed by atoms with Gasteiger partial charge in [0, 0.05) is 6.04 Å². The number of nitrogens with one attached hydrogen (secondary N) is 1. The fraction of sp³-hybridized carbons (Fsp3) is 0.900. The van der Waals surface area contributed by atoms with Crippen LogP contribution in [0.1, 0.15) is 13.8 Å². The fourth-order valence-electron chi connectivity index (χ4n) is 1.30. The van der Waals surface area contributed by atoms with Gasteiger partial charge < -0.3 is 20.5 Å². The molecule has 0 bridgehead atoms. The van der Waals surface area contributed by atoms with Crippen LogP contribution in [-0.2, 0) is 14.3 Å². The van der Waals surface area contributed by atoms with Crippen molar-refractivity contribution in [2.75, 3.05) is 26.4 Å². The number of carbonyl (C=O) groups excluding carboxylic acids is 1. The Morgan fingerprint density at radius 2 is 2.27 bits per heavy atom. The molecule has 1 aliphatic heterocycles. The van der Waals surface area contributed by atoms with Crippen molar-refractivity contribution in [2.45, 2.75) is 26.0 Å². The number of nitrogens with two attached hydrogens (primary N) is 1. The summed E-state index contributed by atoms with van der Waals surface area (Å²) in [5.74, 6) is 0.154. The fourth-order valence-corrected chi connectivity index (χ4v) is 1.30. The smallest absolute Gasteiger partial charge is 0.251 e. The summed E-state index contributed by atoms with van der Waals surface area (Å²) in [5, 5.41) is 2.88. The van der Waals surface area contributed by atoms with Crippen LogP contribution in [0.25, 0.3) is 0 Å². The third-order valence-electron chi connectivity index (χ3n) is 2.70.